The average molecular weight is 277 g/mol. The van der Waals surface area contributed by atoms with Gasteiger partial charge < -0.3 is 10.3 Å². The van der Waals surface area contributed by atoms with Crippen LogP contribution in [0.15, 0.2) is 47.3 Å². The van der Waals surface area contributed by atoms with Gasteiger partial charge >= 0.3 is 0 Å². The number of aromatic nitrogens is 1. The number of rotatable bonds is 3. The number of H-pyrrole nitrogens is 1. The van der Waals surface area contributed by atoms with E-state index in [-0.39, 0.29) is 23.2 Å². The second-order valence-electron chi connectivity index (χ2n) is 4.18. The number of hydrogen-bond donors (Lipinski definition) is 2. The van der Waals surface area contributed by atoms with Gasteiger partial charge in [-0.05, 0) is 30.7 Å². The Bertz CT molecular complexity index is 634. The van der Waals surface area contributed by atoms with E-state index in [0.29, 0.717) is 5.02 Å². The van der Waals surface area contributed by atoms with Crippen LogP contribution in [0.1, 0.15) is 29.0 Å². The first-order valence-corrected chi connectivity index (χ1v) is 6.20. The van der Waals surface area contributed by atoms with E-state index in [1.54, 1.807) is 24.3 Å². The average Bonchev–Trinajstić information content (AvgIpc) is 2.39. The second kappa shape index (κ2) is 5.71. The smallest absolute Gasteiger partial charge is 0.268 e. The van der Waals surface area contributed by atoms with E-state index in [4.69, 9.17) is 11.6 Å². The highest BCUT2D eigenvalue weighted by Crippen LogP contribution is 2.16. The van der Waals surface area contributed by atoms with Gasteiger partial charge in [0.1, 0.15) is 5.69 Å². The summed E-state index contributed by atoms with van der Waals surface area (Å²) in [6.07, 6.45) is 0. The predicted octanol–water partition coefficient (Wildman–Crippen LogP) is 2.52. The summed E-state index contributed by atoms with van der Waals surface area (Å²) in [7, 11) is 0. The van der Waals surface area contributed by atoms with Crippen LogP contribution in [-0.4, -0.2) is 10.9 Å². The van der Waals surface area contributed by atoms with Crippen molar-refractivity contribution in [2.75, 3.05) is 0 Å². The Balaban J connectivity index is 2.10. The number of carbonyl (C=O) groups is 1. The molecule has 1 aromatic carbocycles. The molecule has 4 nitrogen and oxygen atoms in total. The number of aromatic amines is 1. The molecule has 0 saturated heterocycles. The summed E-state index contributed by atoms with van der Waals surface area (Å²) in [5, 5.41) is 3.45. The lowest BCUT2D eigenvalue weighted by molar-refractivity contribution is 0.0934. The molecule has 1 heterocycles. The highest BCUT2D eigenvalue weighted by atomic mass is 35.5. The van der Waals surface area contributed by atoms with Crippen molar-refractivity contribution < 1.29 is 4.79 Å². The van der Waals surface area contributed by atoms with Crippen molar-refractivity contribution in [1.29, 1.82) is 0 Å². The van der Waals surface area contributed by atoms with Crippen molar-refractivity contribution in [1.82, 2.24) is 10.3 Å². The van der Waals surface area contributed by atoms with E-state index in [9.17, 15) is 9.59 Å². The molecule has 2 N–H and O–H groups in total. The molecule has 2 rings (SSSR count). The van der Waals surface area contributed by atoms with E-state index >= 15 is 0 Å². The van der Waals surface area contributed by atoms with Gasteiger partial charge in [0.2, 0.25) is 5.56 Å². The van der Waals surface area contributed by atoms with Crippen molar-refractivity contribution in [2.24, 2.45) is 0 Å². The molecule has 0 spiro atoms. The lowest BCUT2D eigenvalue weighted by atomic mass is 10.1. The molecule has 0 radical (unpaired) electrons. The van der Waals surface area contributed by atoms with Crippen molar-refractivity contribution in [2.45, 2.75) is 13.0 Å². The number of amides is 1. The lowest BCUT2D eigenvalue weighted by Crippen LogP contribution is -2.28. The summed E-state index contributed by atoms with van der Waals surface area (Å²) in [6, 6.07) is 11.5. The minimum absolute atomic E-state index is 0.173. The molecule has 0 saturated carbocycles. The molecule has 0 bridgehead atoms. The van der Waals surface area contributed by atoms with Gasteiger partial charge in [-0.3, -0.25) is 9.59 Å². The topological polar surface area (TPSA) is 62.0 Å². The normalized spacial score (nSPS) is 11.9. The van der Waals surface area contributed by atoms with Crippen LogP contribution in [0.4, 0.5) is 0 Å². The Labute approximate surface area is 115 Å². The Hall–Kier alpha value is -2.07. The van der Waals surface area contributed by atoms with E-state index in [0.717, 1.165) is 5.56 Å². The molecule has 5 heteroatoms. The molecular weight excluding hydrogens is 264 g/mol. The highest BCUT2D eigenvalue weighted by molar-refractivity contribution is 6.30. The van der Waals surface area contributed by atoms with Gasteiger partial charge in [0, 0.05) is 11.1 Å². The van der Waals surface area contributed by atoms with E-state index in [1.807, 2.05) is 19.1 Å². The molecule has 0 fully saturated rings. The summed E-state index contributed by atoms with van der Waals surface area (Å²) in [5.74, 6) is -0.319. The maximum Gasteiger partial charge on any atom is 0.268 e. The molecule has 1 amide bonds. The van der Waals surface area contributed by atoms with E-state index in [2.05, 4.69) is 10.3 Å². The van der Waals surface area contributed by atoms with E-state index < -0.39 is 0 Å². The van der Waals surface area contributed by atoms with Crippen molar-refractivity contribution in [3.63, 3.8) is 0 Å². The minimum Gasteiger partial charge on any atom is -0.344 e. The molecule has 19 heavy (non-hydrogen) atoms. The molecule has 2 aromatic rings. The Kier molecular flexibility index (Phi) is 4.02. The van der Waals surface area contributed by atoms with Crippen molar-refractivity contribution in [3.8, 4) is 0 Å². The monoisotopic (exact) mass is 276 g/mol. The zero-order valence-corrected chi connectivity index (χ0v) is 11.1. The van der Waals surface area contributed by atoms with Crippen LogP contribution in [0.5, 0.6) is 0 Å². The molecular formula is C14H13ClN2O2. The van der Waals surface area contributed by atoms with Crippen LogP contribution in [0, 0.1) is 0 Å². The summed E-state index contributed by atoms with van der Waals surface area (Å²) < 4.78 is 0. The van der Waals surface area contributed by atoms with Crippen LogP contribution in [0.2, 0.25) is 5.02 Å². The Morgan fingerprint density at radius 2 is 1.89 bits per heavy atom. The fraction of sp³-hybridized carbons (Fsp3) is 0.143. The molecule has 98 valence electrons. The predicted molar refractivity (Wildman–Crippen MR) is 74.4 cm³/mol. The van der Waals surface area contributed by atoms with Crippen LogP contribution in [-0.2, 0) is 0 Å². The number of benzene rings is 1. The largest absolute Gasteiger partial charge is 0.344 e. The van der Waals surface area contributed by atoms with Gasteiger partial charge in [-0.1, -0.05) is 29.8 Å². The maximum atomic E-state index is 11.9. The van der Waals surface area contributed by atoms with Gasteiger partial charge in [0.05, 0.1) is 6.04 Å². The zero-order valence-electron chi connectivity index (χ0n) is 10.3. The summed E-state index contributed by atoms with van der Waals surface area (Å²) in [4.78, 5) is 25.6. The number of hydrogen-bond acceptors (Lipinski definition) is 2. The third kappa shape index (κ3) is 3.45. The molecule has 1 unspecified atom stereocenters. The van der Waals surface area contributed by atoms with E-state index in [1.165, 1.54) is 6.07 Å². The van der Waals surface area contributed by atoms with Gasteiger partial charge in [-0.25, -0.2) is 0 Å². The van der Waals surface area contributed by atoms with Crippen molar-refractivity contribution >= 4 is 17.5 Å². The van der Waals surface area contributed by atoms with Gasteiger partial charge in [0.25, 0.3) is 5.91 Å². The Morgan fingerprint density at radius 1 is 1.21 bits per heavy atom. The fourth-order valence-electron chi connectivity index (χ4n) is 1.69. The van der Waals surface area contributed by atoms with Gasteiger partial charge in [-0.15, -0.1) is 0 Å². The number of halogens is 1. The molecule has 0 aliphatic heterocycles. The standard InChI is InChI=1S/C14H13ClN2O2/c1-9(10-5-7-11(15)8-6-10)16-14(19)12-3-2-4-13(18)17-12/h2-9H,1H3,(H,16,19)(H,17,18). The number of pyridine rings is 1. The maximum absolute atomic E-state index is 11.9. The Morgan fingerprint density at radius 3 is 2.53 bits per heavy atom. The summed E-state index contributed by atoms with van der Waals surface area (Å²) in [5.41, 5.74) is 0.885. The number of nitrogens with one attached hydrogen (secondary N) is 2. The highest BCUT2D eigenvalue weighted by Gasteiger charge is 2.11. The van der Waals surface area contributed by atoms with Crippen LogP contribution in [0.3, 0.4) is 0 Å². The first-order valence-electron chi connectivity index (χ1n) is 5.82. The quantitative estimate of drug-likeness (QED) is 0.905. The van der Waals surface area contributed by atoms with Crippen LogP contribution >= 0.6 is 11.6 Å². The first kappa shape index (κ1) is 13.4. The molecule has 0 aliphatic rings. The SMILES string of the molecule is CC(NC(=O)c1cccc(=O)[nH]1)c1ccc(Cl)cc1. The van der Waals surface area contributed by atoms with Crippen molar-refractivity contribution in [3.05, 3.63) is 69.1 Å². The first-order chi connectivity index (χ1) is 9.06. The van der Waals surface area contributed by atoms with Gasteiger partial charge in [0.15, 0.2) is 0 Å². The summed E-state index contributed by atoms with van der Waals surface area (Å²) in [6.45, 7) is 1.86. The lowest BCUT2D eigenvalue weighted by Gasteiger charge is -2.14. The fourth-order valence-corrected chi connectivity index (χ4v) is 1.82. The zero-order chi connectivity index (χ0) is 13.8. The third-order valence-electron chi connectivity index (χ3n) is 2.73. The number of carbonyl (C=O) groups excluding carboxylic acids is 1. The second-order valence-corrected chi connectivity index (χ2v) is 4.61. The molecule has 0 aliphatic carbocycles. The van der Waals surface area contributed by atoms with Gasteiger partial charge in [-0.2, -0.15) is 0 Å². The molecule has 1 aromatic heterocycles. The minimum atomic E-state index is -0.319. The third-order valence-corrected chi connectivity index (χ3v) is 2.98. The summed E-state index contributed by atoms with van der Waals surface area (Å²) >= 11 is 5.81. The van der Waals surface area contributed by atoms with Crippen LogP contribution in [0.25, 0.3) is 0 Å². The van der Waals surface area contributed by atoms with Crippen LogP contribution < -0.4 is 10.9 Å². The molecule has 1 atom stereocenters.